The first-order chi connectivity index (χ1) is 9.26. The van der Waals surface area contributed by atoms with Gasteiger partial charge in [-0.1, -0.05) is 38.1 Å². The van der Waals surface area contributed by atoms with Crippen LogP contribution in [0.15, 0.2) is 41.8 Å². The molecule has 0 saturated carbocycles. The van der Waals surface area contributed by atoms with Gasteiger partial charge in [0.1, 0.15) is 11.9 Å². The van der Waals surface area contributed by atoms with Gasteiger partial charge in [-0.3, -0.25) is 0 Å². The van der Waals surface area contributed by atoms with Gasteiger partial charge >= 0.3 is 0 Å². The van der Waals surface area contributed by atoms with E-state index in [2.05, 4.69) is 37.4 Å². The highest BCUT2D eigenvalue weighted by Gasteiger charge is 2.16. The second kappa shape index (κ2) is 6.73. The van der Waals surface area contributed by atoms with Gasteiger partial charge in [0.2, 0.25) is 0 Å². The van der Waals surface area contributed by atoms with Crippen LogP contribution < -0.4 is 10.5 Å². The molecule has 0 aliphatic heterocycles. The summed E-state index contributed by atoms with van der Waals surface area (Å²) in [5.74, 6) is 1.46. The summed E-state index contributed by atoms with van der Waals surface area (Å²) in [6.07, 6.45) is 1.05. The average molecular weight is 275 g/mol. The molecule has 0 radical (unpaired) electrons. The Morgan fingerprint density at radius 1 is 1.21 bits per heavy atom. The number of nitrogens with two attached hydrogens (primary N) is 1. The Kier molecular flexibility index (Phi) is 5.00. The molecule has 0 spiro atoms. The largest absolute Gasteiger partial charge is 0.483 e. The normalized spacial score (nSPS) is 14.1. The topological polar surface area (TPSA) is 35.2 Å². The van der Waals surface area contributed by atoms with Crippen LogP contribution in [0, 0.1) is 0 Å². The first-order valence-electron chi connectivity index (χ1n) is 6.75. The van der Waals surface area contributed by atoms with E-state index in [0.717, 1.165) is 12.2 Å². The molecule has 3 heteroatoms. The minimum Gasteiger partial charge on any atom is -0.483 e. The van der Waals surface area contributed by atoms with Crippen molar-refractivity contribution in [2.75, 3.05) is 6.54 Å². The second-order valence-corrected chi connectivity index (χ2v) is 5.68. The predicted octanol–water partition coefficient (Wildman–Crippen LogP) is 4.34. The molecule has 2 rings (SSSR count). The van der Waals surface area contributed by atoms with Crippen LogP contribution in [-0.4, -0.2) is 6.54 Å². The summed E-state index contributed by atoms with van der Waals surface area (Å²) in [6, 6.07) is 12.4. The summed E-state index contributed by atoms with van der Waals surface area (Å²) in [4.78, 5) is 1.18. The van der Waals surface area contributed by atoms with Crippen LogP contribution in [0.5, 0.6) is 5.75 Å². The van der Waals surface area contributed by atoms with E-state index in [0.29, 0.717) is 12.5 Å². The van der Waals surface area contributed by atoms with E-state index in [4.69, 9.17) is 10.5 Å². The van der Waals surface area contributed by atoms with Crippen molar-refractivity contribution in [2.24, 2.45) is 5.73 Å². The molecule has 1 aromatic carbocycles. The van der Waals surface area contributed by atoms with Crippen molar-refractivity contribution >= 4 is 11.3 Å². The molecule has 2 N–H and O–H groups in total. The van der Waals surface area contributed by atoms with Gasteiger partial charge < -0.3 is 10.5 Å². The lowest BCUT2D eigenvalue weighted by Gasteiger charge is -2.20. The van der Waals surface area contributed by atoms with E-state index in [1.165, 1.54) is 10.4 Å². The number of ether oxygens (including phenoxy) is 1. The van der Waals surface area contributed by atoms with E-state index in [9.17, 15) is 0 Å². The first-order valence-corrected chi connectivity index (χ1v) is 7.63. The molecule has 0 fully saturated rings. The van der Waals surface area contributed by atoms with Crippen LogP contribution >= 0.6 is 11.3 Å². The van der Waals surface area contributed by atoms with Gasteiger partial charge in [-0.25, -0.2) is 0 Å². The smallest absolute Gasteiger partial charge is 0.145 e. The number of hydrogen-bond acceptors (Lipinski definition) is 3. The SMILES string of the molecule is CCC(C)c1ccccc1OC(CN)c1cccs1. The van der Waals surface area contributed by atoms with Gasteiger partial charge in [-0.05, 0) is 35.4 Å². The molecule has 2 atom stereocenters. The fourth-order valence-corrected chi connectivity index (χ4v) is 2.83. The summed E-state index contributed by atoms with van der Waals surface area (Å²) in [7, 11) is 0. The Bertz CT molecular complexity index is 495. The highest BCUT2D eigenvalue weighted by atomic mass is 32.1. The van der Waals surface area contributed by atoms with Crippen molar-refractivity contribution in [2.45, 2.75) is 32.3 Å². The van der Waals surface area contributed by atoms with Gasteiger partial charge in [-0.2, -0.15) is 0 Å². The summed E-state index contributed by atoms with van der Waals surface area (Å²) in [5.41, 5.74) is 7.12. The quantitative estimate of drug-likeness (QED) is 0.851. The van der Waals surface area contributed by atoms with Gasteiger partial charge in [0.25, 0.3) is 0 Å². The van der Waals surface area contributed by atoms with Crippen LogP contribution in [-0.2, 0) is 0 Å². The summed E-state index contributed by atoms with van der Waals surface area (Å²) >= 11 is 1.69. The van der Waals surface area contributed by atoms with Crippen molar-refractivity contribution in [1.82, 2.24) is 0 Å². The van der Waals surface area contributed by atoms with Crippen molar-refractivity contribution < 1.29 is 4.74 Å². The van der Waals surface area contributed by atoms with Gasteiger partial charge in [-0.15, -0.1) is 11.3 Å². The summed E-state index contributed by atoms with van der Waals surface area (Å²) in [5, 5.41) is 2.06. The van der Waals surface area contributed by atoms with Crippen molar-refractivity contribution in [1.29, 1.82) is 0 Å². The minimum absolute atomic E-state index is 0.0507. The average Bonchev–Trinajstić information content (AvgIpc) is 2.98. The third kappa shape index (κ3) is 3.37. The zero-order chi connectivity index (χ0) is 13.7. The molecule has 1 heterocycles. The fraction of sp³-hybridized carbons (Fsp3) is 0.375. The third-order valence-corrected chi connectivity index (χ3v) is 4.37. The monoisotopic (exact) mass is 275 g/mol. The predicted molar refractivity (Wildman–Crippen MR) is 81.9 cm³/mol. The van der Waals surface area contributed by atoms with Crippen LogP contribution in [0.2, 0.25) is 0 Å². The first kappa shape index (κ1) is 14.1. The van der Waals surface area contributed by atoms with Crippen molar-refractivity contribution in [3.8, 4) is 5.75 Å². The molecule has 2 nitrogen and oxygen atoms in total. The summed E-state index contributed by atoms with van der Waals surface area (Å²) < 4.78 is 6.15. The van der Waals surface area contributed by atoms with Crippen molar-refractivity contribution in [3.05, 3.63) is 52.2 Å². The maximum absolute atomic E-state index is 6.15. The Labute approximate surface area is 119 Å². The number of hydrogen-bond donors (Lipinski definition) is 1. The summed E-state index contributed by atoms with van der Waals surface area (Å²) in [6.45, 7) is 4.92. The Morgan fingerprint density at radius 2 is 2.00 bits per heavy atom. The molecule has 2 unspecified atom stereocenters. The lowest BCUT2D eigenvalue weighted by molar-refractivity contribution is 0.215. The molecular formula is C16H21NOS. The maximum Gasteiger partial charge on any atom is 0.145 e. The van der Waals surface area contributed by atoms with E-state index < -0.39 is 0 Å². The van der Waals surface area contributed by atoms with E-state index in [1.807, 2.05) is 18.2 Å². The standard InChI is InChI=1S/C16H21NOS/c1-3-12(2)13-7-4-5-8-14(13)18-15(11-17)16-9-6-10-19-16/h4-10,12,15H,3,11,17H2,1-2H3. The highest BCUT2D eigenvalue weighted by molar-refractivity contribution is 7.10. The molecule has 1 aromatic heterocycles. The molecule has 19 heavy (non-hydrogen) atoms. The molecule has 0 bridgehead atoms. The van der Waals surface area contributed by atoms with Gasteiger partial charge in [0.05, 0.1) is 0 Å². The molecule has 0 aliphatic carbocycles. The zero-order valence-electron chi connectivity index (χ0n) is 11.5. The molecular weight excluding hydrogens is 254 g/mol. The molecule has 0 saturated heterocycles. The van der Waals surface area contributed by atoms with Crippen molar-refractivity contribution in [3.63, 3.8) is 0 Å². The van der Waals surface area contributed by atoms with Crippen LogP contribution in [0.4, 0.5) is 0 Å². The fourth-order valence-electron chi connectivity index (χ4n) is 2.06. The molecule has 0 amide bonds. The number of para-hydroxylation sites is 1. The van der Waals surface area contributed by atoms with Gasteiger partial charge in [0, 0.05) is 11.4 Å². The van der Waals surface area contributed by atoms with Gasteiger partial charge in [0.15, 0.2) is 0 Å². The van der Waals surface area contributed by atoms with Crippen LogP contribution in [0.3, 0.4) is 0 Å². The lowest BCUT2D eigenvalue weighted by Crippen LogP contribution is -2.18. The third-order valence-electron chi connectivity index (χ3n) is 3.41. The number of thiophene rings is 1. The lowest BCUT2D eigenvalue weighted by atomic mass is 9.98. The second-order valence-electron chi connectivity index (χ2n) is 4.70. The zero-order valence-corrected chi connectivity index (χ0v) is 12.3. The maximum atomic E-state index is 6.15. The Hall–Kier alpha value is -1.32. The Morgan fingerprint density at radius 3 is 2.63 bits per heavy atom. The minimum atomic E-state index is -0.0507. The van der Waals surface area contributed by atoms with Crippen LogP contribution in [0.25, 0.3) is 0 Å². The highest BCUT2D eigenvalue weighted by Crippen LogP contribution is 2.32. The van der Waals surface area contributed by atoms with Crippen LogP contribution in [0.1, 0.15) is 42.7 Å². The number of benzene rings is 1. The molecule has 2 aromatic rings. The Balaban J connectivity index is 2.22. The van der Waals surface area contributed by atoms with E-state index in [-0.39, 0.29) is 6.10 Å². The molecule has 102 valence electrons. The van der Waals surface area contributed by atoms with E-state index in [1.54, 1.807) is 11.3 Å². The van der Waals surface area contributed by atoms with E-state index >= 15 is 0 Å². The molecule has 0 aliphatic rings. The number of rotatable bonds is 6.